The van der Waals surface area contributed by atoms with E-state index in [2.05, 4.69) is 40.1 Å². The first-order valence-electron chi connectivity index (χ1n) is 39.7. The van der Waals surface area contributed by atoms with Crippen LogP contribution in [0.3, 0.4) is 0 Å². The number of aliphatic carboxylic acids is 1. The van der Waals surface area contributed by atoms with Crippen LogP contribution in [0, 0.1) is 29.1 Å². The number of aliphatic hydroxyl groups is 3. The fourth-order valence-corrected chi connectivity index (χ4v) is 21.0. The number of aryl methyl sites for hydroxylation is 1. The Labute approximate surface area is 700 Å². The number of para-hydroxylation sites is 1. The quantitative estimate of drug-likeness (QED) is 0.0152. The van der Waals surface area contributed by atoms with Gasteiger partial charge in [-0.05, 0) is 159 Å². The topological polar surface area (TPSA) is 522 Å². The van der Waals surface area contributed by atoms with Gasteiger partial charge in [0.15, 0.2) is 16.9 Å². The van der Waals surface area contributed by atoms with Crippen LogP contribution >= 0.6 is 11.3 Å². The van der Waals surface area contributed by atoms with Gasteiger partial charge in [-0.2, -0.15) is 21.9 Å². The van der Waals surface area contributed by atoms with Crippen molar-refractivity contribution in [3.05, 3.63) is 130 Å². The lowest BCUT2D eigenvalue weighted by Gasteiger charge is -2.69. The summed E-state index contributed by atoms with van der Waals surface area (Å²) < 4.78 is 93.4. The number of carboxylic acid groups (broad SMARTS) is 2. The molecule has 11 N–H and O–H groups in total. The van der Waals surface area contributed by atoms with Gasteiger partial charge in [-0.25, -0.2) is 24.4 Å². The molecular formula is C81H98N12O25S3. The van der Waals surface area contributed by atoms with E-state index in [9.17, 15) is 99.4 Å². The Balaban J connectivity index is 0.665. The van der Waals surface area contributed by atoms with E-state index in [1.807, 2.05) is 52.9 Å². The number of carboxylic acids is 2. The number of thiazole rings is 1. The molecule has 4 saturated carbocycles. The lowest BCUT2D eigenvalue weighted by atomic mass is 9.39. The molecular weight excluding hydrogens is 1640 g/mol. The molecule has 6 fully saturated rings. The SMILES string of the molecule is Cc1c(-c2ccc(N3CCc4cccc(C(=O)Nc5nc6ccccc6s5)c4C3)nc2C(=O)O)cnn1CC12CC3(C)CC(C)(C1)CC(OCCN(CCS(=O)(=O)O)C(=O)OCc1ccc(NC(=O)[C@H](C)NC(=O)[C@@H](NC(=O)CN4C(=O)C(N5C(=O)C=CC5=O)C[C@H]4COCCS(=O)(=O)O)C(C)C)cc1CC[C@@H]1O[C@H](C(=O)O)[C@@H](O)[C@H](O)[C@H]1O)(C3)C2. The van der Waals surface area contributed by atoms with Crippen LogP contribution in [0.4, 0.5) is 21.4 Å². The molecule has 7 heterocycles. The molecule has 0 spiro atoms. The van der Waals surface area contributed by atoms with Crippen LogP contribution in [0.25, 0.3) is 21.3 Å². The summed E-state index contributed by atoms with van der Waals surface area (Å²) in [6, 6.07) is 16.0. The van der Waals surface area contributed by atoms with Gasteiger partial charge >= 0.3 is 18.0 Å². The lowest BCUT2D eigenvalue weighted by Crippen LogP contribution is -2.64. The number of pyridine rings is 1. The molecule has 3 aromatic heterocycles. The summed E-state index contributed by atoms with van der Waals surface area (Å²) in [6.45, 7) is 9.10. The Kier molecular flexibility index (Phi) is 25.8. The smallest absolute Gasteiger partial charge is 0.410 e. The summed E-state index contributed by atoms with van der Waals surface area (Å²) in [5.41, 5.74) is 3.61. The Morgan fingerprint density at radius 3 is 2.17 bits per heavy atom. The van der Waals surface area contributed by atoms with Gasteiger partial charge in [-0.15, -0.1) is 0 Å². The zero-order chi connectivity index (χ0) is 87.2. The molecule has 37 nitrogen and oxygen atoms in total. The number of hydrogen-bond acceptors (Lipinski definition) is 26. The number of carbonyl (C=O) groups excluding carboxylic acids is 8. The molecule has 40 heteroatoms. The molecule has 8 amide bonds. The van der Waals surface area contributed by atoms with Gasteiger partial charge in [-0.3, -0.25) is 57.6 Å². The highest BCUT2D eigenvalue weighted by Crippen LogP contribution is 2.72. The summed E-state index contributed by atoms with van der Waals surface area (Å²) in [5.74, 6) is -10.0. The van der Waals surface area contributed by atoms with Crippen LogP contribution < -0.4 is 26.2 Å². The Morgan fingerprint density at radius 1 is 0.769 bits per heavy atom. The van der Waals surface area contributed by atoms with E-state index in [1.165, 1.54) is 36.5 Å². The van der Waals surface area contributed by atoms with E-state index in [0.717, 1.165) is 62.6 Å². The number of aromatic carboxylic acids is 1. The van der Waals surface area contributed by atoms with Crippen molar-refractivity contribution in [1.82, 2.24) is 45.1 Å². The average molecular weight is 1740 g/mol. The minimum Gasteiger partial charge on any atom is -0.479 e. The number of fused-ring (bicyclic) bond motifs is 2. The highest BCUT2D eigenvalue weighted by Gasteiger charge is 2.66. The van der Waals surface area contributed by atoms with E-state index in [0.29, 0.717) is 83.6 Å². The number of nitrogens with one attached hydrogen (secondary N) is 4. The zero-order valence-corrected chi connectivity index (χ0v) is 69.7. The molecule has 6 aromatic rings. The first kappa shape index (κ1) is 88.5. The summed E-state index contributed by atoms with van der Waals surface area (Å²) in [4.78, 5) is 149. The predicted molar refractivity (Wildman–Crippen MR) is 433 cm³/mol. The molecule has 650 valence electrons. The molecule has 3 unspecified atom stereocenters. The molecule has 4 aliphatic heterocycles. The molecule has 2 saturated heterocycles. The maximum Gasteiger partial charge on any atom is 0.410 e. The standard InChI is InChI=1S/C81H98N12O25S3/c1-44(2)64(87-61(94)34-91-51(36-115-27-29-121(112,113)114)31-57(73(91)103)93-62(95)20-21-63(93)96)72(102)83-45(3)70(100)84-50-16-14-49(48(30-50)15-18-58-66(97)67(98)68(99)69(118-58)75(106)107)35-116-77(108)89(25-28-120(109,110)111)24-26-117-81-40-78(5)37-79(6,41-81)39-80(38-78,42-81)43-92-46(4)54(32-82-92)52-17-19-60(86-65(52)74(104)105)90-23-22-47-10-9-11-53(55(47)33-90)71(101)88-76-85-56-12-7-8-13-59(56)119-76/h7-14,16-17,19-21,30,32,44-45,51,57-58,64,66-69,97-99H,15,18,22-29,31,33-43H2,1-6H3,(H,83,102)(H,84,100)(H,87,94)(H,104,105)(H,106,107)(H,85,88,101)(H,109,110,111)(H,112,113,114)/t45-,51-,57?,58-,64-,66-,67+,68-,69-,78?,79?,80?,81?/m0/s1. The van der Waals surface area contributed by atoms with Crippen molar-refractivity contribution in [3.63, 3.8) is 0 Å². The fourth-order valence-electron chi connectivity index (χ4n) is 19.4. The molecule has 11 atom stereocenters. The number of anilines is 3. The maximum absolute atomic E-state index is 14.4. The number of rotatable bonds is 34. The highest BCUT2D eigenvalue weighted by molar-refractivity contribution is 7.86. The van der Waals surface area contributed by atoms with Gasteiger partial charge in [0, 0.05) is 79.4 Å². The second kappa shape index (κ2) is 35.3. The number of benzene rings is 3. The number of aromatic nitrogens is 4. The Bertz CT molecular complexity index is 5280. The summed E-state index contributed by atoms with van der Waals surface area (Å²) in [5, 5.41) is 69.0. The maximum atomic E-state index is 14.4. The van der Waals surface area contributed by atoms with Crippen LogP contribution in [0.2, 0.25) is 0 Å². The monoisotopic (exact) mass is 1730 g/mol. The number of aliphatic hydroxyl groups excluding tert-OH is 3. The third-order valence-electron chi connectivity index (χ3n) is 23.9. The lowest BCUT2D eigenvalue weighted by molar-refractivity contribution is -0.248. The van der Waals surface area contributed by atoms with Crippen LogP contribution in [0.15, 0.2) is 91.1 Å². The van der Waals surface area contributed by atoms with Crippen LogP contribution in [-0.2, 0) is 105 Å². The number of ether oxygens (including phenoxy) is 4. The Morgan fingerprint density at radius 2 is 1.49 bits per heavy atom. The molecule has 121 heavy (non-hydrogen) atoms. The zero-order valence-electron chi connectivity index (χ0n) is 67.3. The second-order valence-corrected chi connectivity index (χ2v) is 38.0. The average Bonchev–Trinajstić information content (AvgIpc) is 0.884. The van der Waals surface area contributed by atoms with Crippen molar-refractivity contribution in [2.24, 2.45) is 22.2 Å². The van der Waals surface area contributed by atoms with Gasteiger partial charge in [-0.1, -0.05) is 69.4 Å². The molecule has 4 aliphatic carbocycles. The van der Waals surface area contributed by atoms with Crippen LogP contribution in [0.1, 0.15) is 135 Å². The van der Waals surface area contributed by atoms with Crippen molar-refractivity contribution in [3.8, 4) is 11.1 Å². The third-order valence-corrected chi connectivity index (χ3v) is 26.2. The van der Waals surface area contributed by atoms with Crippen molar-refractivity contribution in [2.75, 3.05) is 73.0 Å². The number of likely N-dealkylation sites (tertiary alicyclic amines) is 1. The predicted octanol–water partition coefficient (Wildman–Crippen LogP) is 4.29. The number of carbonyl (C=O) groups is 10. The van der Waals surface area contributed by atoms with Crippen LogP contribution in [-0.4, -0.2) is 263 Å². The van der Waals surface area contributed by atoms with Crippen molar-refractivity contribution in [2.45, 2.75) is 186 Å². The molecule has 0 radical (unpaired) electrons. The fraction of sp³-hybridized carbons (Fsp3) is 0.519. The number of hydrogen-bond donors (Lipinski definition) is 11. The van der Waals surface area contributed by atoms with E-state index >= 15 is 0 Å². The molecule has 8 aliphatic rings. The van der Waals surface area contributed by atoms with Gasteiger partial charge in [0.2, 0.25) is 23.6 Å². The largest absolute Gasteiger partial charge is 0.479 e. The third kappa shape index (κ3) is 20.1. The van der Waals surface area contributed by atoms with Crippen molar-refractivity contribution < 1.29 is 118 Å². The van der Waals surface area contributed by atoms with Crippen molar-refractivity contribution >= 4 is 118 Å². The van der Waals surface area contributed by atoms with E-state index in [4.69, 9.17) is 29.0 Å². The van der Waals surface area contributed by atoms with E-state index < -0.39 is 178 Å². The highest BCUT2D eigenvalue weighted by atomic mass is 32.2. The first-order valence-corrected chi connectivity index (χ1v) is 43.8. The normalized spacial score (nSPS) is 25.5. The van der Waals surface area contributed by atoms with Gasteiger partial charge < -0.3 is 75.1 Å². The number of amides is 8. The number of imide groups is 1. The molecule has 14 rings (SSSR count). The van der Waals surface area contributed by atoms with Crippen molar-refractivity contribution in [1.29, 1.82) is 0 Å². The summed E-state index contributed by atoms with van der Waals surface area (Å²) in [6.07, 6.45) is -2.13. The summed E-state index contributed by atoms with van der Waals surface area (Å²) in [7, 11) is -9.12. The van der Waals surface area contributed by atoms with E-state index in [-0.39, 0.29) is 83.7 Å². The number of nitrogens with zero attached hydrogens (tertiary/aromatic N) is 8. The minimum absolute atomic E-state index is 0.0784. The van der Waals surface area contributed by atoms with Gasteiger partial charge in [0.05, 0.1) is 72.0 Å². The molecule has 3 aromatic carbocycles. The van der Waals surface area contributed by atoms with Crippen LogP contribution in [0.5, 0.6) is 0 Å². The second-order valence-electron chi connectivity index (χ2n) is 33.8. The Hall–Kier alpha value is -10.3. The minimum atomic E-state index is -4.67. The van der Waals surface area contributed by atoms with Gasteiger partial charge in [0.1, 0.15) is 48.9 Å². The molecule has 4 bridgehead atoms. The van der Waals surface area contributed by atoms with Gasteiger partial charge in [0.25, 0.3) is 38.0 Å². The first-order chi connectivity index (χ1) is 57.1. The van der Waals surface area contributed by atoms with E-state index in [1.54, 1.807) is 38.2 Å². The summed E-state index contributed by atoms with van der Waals surface area (Å²) >= 11 is 1.38.